The molecule has 0 bridgehead atoms. The van der Waals surface area contributed by atoms with Gasteiger partial charge in [0.1, 0.15) is 6.04 Å². The molecular weight excluding hydrogens is 248 g/mol. The molecule has 0 fully saturated rings. The largest absolute Gasteiger partial charge is 0.480 e. The van der Waals surface area contributed by atoms with Crippen molar-refractivity contribution in [3.8, 4) is 0 Å². The number of aliphatic carboxylic acids is 1. The van der Waals surface area contributed by atoms with Crippen LogP contribution < -0.4 is 5.73 Å². The van der Waals surface area contributed by atoms with Crippen LogP contribution in [0, 0.1) is 0 Å². The maximum absolute atomic E-state index is 11.2. The second kappa shape index (κ2) is 7.50. The molecule has 0 heterocycles. The lowest BCUT2D eigenvalue weighted by Crippen LogP contribution is -2.40. The van der Waals surface area contributed by atoms with Crippen molar-refractivity contribution < 1.29 is 19.5 Å². The molecule has 1 aromatic carbocycles. The number of amides is 1. The summed E-state index contributed by atoms with van der Waals surface area (Å²) >= 11 is 0. The van der Waals surface area contributed by atoms with Crippen molar-refractivity contribution in [2.75, 3.05) is 7.11 Å². The maximum Gasteiger partial charge on any atom is 0.323 e. The van der Waals surface area contributed by atoms with E-state index in [1.54, 1.807) is 0 Å². The molecule has 0 saturated carbocycles. The number of carboxylic acid groups (broad SMARTS) is 1. The molecule has 0 aliphatic heterocycles. The highest BCUT2D eigenvalue weighted by molar-refractivity contribution is 5.77. The van der Waals surface area contributed by atoms with E-state index in [2.05, 4.69) is 0 Å². The fraction of sp³-hybridized carbons (Fsp3) is 0.385. The molecule has 1 atom stereocenters. The second-order valence-corrected chi connectivity index (χ2v) is 4.10. The van der Waals surface area contributed by atoms with Crippen LogP contribution in [0.3, 0.4) is 0 Å². The van der Waals surface area contributed by atoms with Crippen LogP contribution in [0.2, 0.25) is 0 Å². The molecule has 0 radical (unpaired) electrons. The van der Waals surface area contributed by atoms with Crippen LogP contribution in [0.15, 0.2) is 30.3 Å². The Bertz CT molecular complexity index is 422. The molecule has 0 spiro atoms. The van der Waals surface area contributed by atoms with Crippen LogP contribution in [-0.4, -0.2) is 35.2 Å². The van der Waals surface area contributed by atoms with Crippen LogP contribution in [0.1, 0.15) is 18.4 Å². The lowest BCUT2D eigenvalue weighted by Gasteiger charge is -2.26. The second-order valence-electron chi connectivity index (χ2n) is 4.10. The quantitative estimate of drug-likeness (QED) is 0.678. The van der Waals surface area contributed by atoms with E-state index < -0.39 is 17.9 Å². The molecule has 0 aromatic heterocycles. The van der Waals surface area contributed by atoms with E-state index in [1.807, 2.05) is 30.3 Å². The Kier molecular flexibility index (Phi) is 5.98. The molecule has 104 valence electrons. The van der Waals surface area contributed by atoms with Gasteiger partial charge in [-0.15, -0.1) is 0 Å². The van der Waals surface area contributed by atoms with E-state index in [0.717, 1.165) is 5.56 Å². The average Bonchev–Trinajstić information content (AvgIpc) is 2.38. The Morgan fingerprint density at radius 3 is 2.47 bits per heavy atom. The summed E-state index contributed by atoms with van der Waals surface area (Å²) in [5.74, 6) is -1.57. The van der Waals surface area contributed by atoms with Gasteiger partial charge >= 0.3 is 5.97 Å². The number of hydrogen-bond acceptors (Lipinski definition) is 4. The summed E-state index contributed by atoms with van der Waals surface area (Å²) in [5.41, 5.74) is 5.97. The Balaban J connectivity index is 2.73. The van der Waals surface area contributed by atoms with Gasteiger partial charge in [-0.3, -0.25) is 9.59 Å². The number of hydrogen-bond donors (Lipinski definition) is 2. The Morgan fingerprint density at radius 1 is 1.37 bits per heavy atom. The number of nitrogens with two attached hydrogens (primary N) is 1. The van der Waals surface area contributed by atoms with Crippen molar-refractivity contribution in [1.29, 1.82) is 0 Å². The SMILES string of the molecule is CON(Cc1ccccc1)[C@@H](CCC(N)=O)C(=O)O. The van der Waals surface area contributed by atoms with E-state index in [-0.39, 0.29) is 12.8 Å². The van der Waals surface area contributed by atoms with Gasteiger partial charge in [0.25, 0.3) is 0 Å². The van der Waals surface area contributed by atoms with Crippen molar-refractivity contribution in [2.24, 2.45) is 5.73 Å². The average molecular weight is 266 g/mol. The minimum atomic E-state index is -1.04. The van der Waals surface area contributed by atoms with Crippen LogP contribution in [-0.2, 0) is 21.0 Å². The highest BCUT2D eigenvalue weighted by atomic mass is 16.7. The van der Waals surface area contributed by atoms with Crippen LogP contribution in [0.25, 0.3) is 0 Å². The first-order chi connectivity index (χ1) is 9.04. The lowest BCUT2D eigenvalue weighted by molar-refractivity contribution is -0.190. The van der Waals surface area contributed by atoms with E-state index in [9.17, 15) is 14.7 Å². The predicted molar refractivity (Wildman–Crippen MR) is 68.8 cm³/mol. The Labute approximate surface area is 111 Å². The van der Waals surface area contributed by atoms with Gasteiger partial charge in [0.2, 0.25) is 5.91 Å². The molecule has 0 aliphatic rings. The summed E-state index contributed by atoms with van der Waals surface area (Å²) in [4.78, 5) is 27.1. The molecule has 6 nitrogen and oxygen atoms in total. The summed E-state index contributed by atoms with van der Waals surface area (Å²) in [7, 11) is 1.41. The van der Waals surface area contributed by atoms with Gasteiger partial charge in [-0.05, 0) is 12.0 Å². The molecule has 0 saturated heterocycles. The lowest BCUT2D eigenvalue weighted by atomic mass is 10.1. The Morgan fingerprint density at radius 2 is 2.00 bits per heavy atom. The van der Waals surface area contributed by atoms with Gasteiger partial charge in [0, 0.05) is 6.42 Å². The third-order valence-corrected chi connectivity index (χ3v) is 2.71. The molecule has 0 unspecified atom stereocenters. The number of nitrogens with zero attached hydrogens (tertiary/aromatic N) is 1. The third kappa shape index (κ3) is 5.07. The van der Waals surface area contributed by atoms with Crippen LogP contribution in [0.4, 0.5) is 0 Å². The zero-order valence-corrected chi connectivity index (χ0v) is 10.8. The molecule has 0 aliphatic carbocycles. The summed E-state index contributed by atoms with van der Waals surface area (Å²) in [6.45, 7) is 0.326. The monoisotopic (exact) mass is 266 g/mol. The van der Waals surface area contributed by atoms with E-state index in [4.69, 9.17) is 10.6 Å². The first kappa shape index (κ1) is 15.1. The van der Waals surface area contributed by atoms with Crippen molar-refractivity contribution in [2.45, 2.75) is 25.4 Å². The molecule has 1 aromatic rings. The smallest absolute Gasteiger partial charge is 0.323 e. The highest BCUT2D eigenvalue weighted by Crippen LogP contribution is 2.13. The fourth-order valence-electron chi connectivity index (χ4n) is 1.73. The number of primary amides is 1. The summed E-state index contributed by atoms with van der Waals surface area (Å²) in [6, 6.07) is 8.45. The predicted octanol–water partition coefficient (Wildman–Crippen LogP) is 0.769. The van der Waals surface area contributed by atoms with Gasteiger partial charge in [-0.2, -0.15) is 5.06 Å². The maximum atomic E-state index is 11.2. The molecular formula is C13H18N2O4. The van der Waals surface area contributed by atoms with Crippen molar-refractivity contribution in [1.82, 2.24) is 5.06 Å². The molecule has 6 heteroatoms. The van der Waals surface area contributed by atoms with Gasteiger partial charge in [-0.1, -0.05) is 30.3 Å². The topological polar surface area (TPSA) is 92.9 Å². The highest BCUT2D eigenvalue weighted by Gasteiger charge is 2.26. The van der Waals surface area contributed by atoms with E-state index in [0.29, 0.717) is 6.54 Å². The number of carbonyl (C=O) groups is 2. The number of hydroxylamine groups is 2. The molecule has 1 rings (SSSR count). The summed E-state index contributed by atoms with van der Waals surface area (Å²) in [6.07, 6.45) is 0.122. The van der Waals surface area contributed by atoms with Crippen molar-refractivity contribution >= 4 is 11.9 Å². The van der Waals surface area contributed by atoms with E-state index in [1.165, 1.54) is 12.2 Å². The van der Waals surface area contributed by atoms with Crippen LogP contribution >= 0.6 is 0 Å². The summed E-state index contributed by atoms with van der Waals surface area (Å²) < 4.78 is 0. The number of rotatable bonds is 8. The first-order valence-corrected chi connectivity index (χ1v) is 5.90. The molecule has 19 heavy (non-hydrogen) atoms. The minimum absolute atomic E-state index is 0.00557. The minimum Gasteiger partial charge on any atom is -0.480 e. The standard InChI is InChI=1S/C13H18N2O4/c1-19-15(9-10-5-3-2-4-6-10)11(13(17)18)7-8-12(14)16/h2-6,11H,7-9H2,1H3,(H2,14,16)(H,17,18)/t11-/m0/s1. The van der Waals surface area contributed by atoms with Crippen molar-refractivity contribution in [3.05, 3.63) is 35.9 Å². The van der Waals surface area contributed by atoms with Gasteiger partial charge in [-0.25, -0.2) is 0 Å². The van der Waals surface area contributed by atoms with Gasteiger partial charge < -0.3 is 15.7 Å². The zero-order chi connectivity index (χ0) is 14.3. The number of carbonyl (C=O) groups excluding carboxylic acids is 1. The molecule has 3 N–H and O–H groups in total. The fourth-order valence-corrected chi connectivity index (χ4v) is 1.73. The Hall–Kier alpha value is -1.92. The van der Waals surface area contributed by atoms with Gasteiger partial charge in [0.15, 0.2) is 0 Å². The van der Waals surface area contributed by atoms with Crippen LogP contribution in [0.5, 0.6) is 0 Å². The number of carboxylic acids is 1. The van der Waals surface area contributed by atoms with Gasteiger partial charge in [0.05, 0.1) is 13.7 Å². The van der Waals surface area contributed by atoms with E-state index >= 15 is 0 Å². The van der Waals surface area contributed by atoms with Crippen molar-refractivity contribution in [3.63, 3.8) is 0 Å². The summed E-state index contributed by atoms with van der Waals surface area (Å²) in [5, 5.41) is 10.5. The number of benzene rings is 1. The zero-order valence-electron chi connectivity index (χ0n) is 10.8. The normalized spacial score (nSPS) is 12.3. The first-order valence-electron chi connectivity index (χ1n) is 5.90. The third-order valence-electron chi connectivity index (χ3n) is 2.71. The molecule has 1 amide bonds.